The highest BCUT2D eigenvalue weighted by Gasteiger charge is 2.29. The van der Waals surface area contributed by atoms with Crippen molar-refractivity contribution < 1.29 is 4.79 Å². The molecule has 36 heavy (non-hydrogen) atoms. The van der Waals surface area contributed by atoms with E-state index in [0.717, 1.165) is 0 Å². The molecule has 1 saturated heterocycles. The van der Waals surface area contributed by atoms with E-state index >= 15 is 0 Å². The molecule has 0 saturated carbocycles. The van der Waals surface area contributed by atoms with E-state index in [1.165, 1.54) is 23.9 Å². The summed E-state index contributed by atoms with van der Waals surface area (Å²) in [4.78, 5) is 66.0. The summed E-state index contributed by atoms with van der Waals surface area (Å²) < 4.78 is 1.53. The summed E-state index contributed by atoms with van der Waals surface area (Å²) in [5.74, 6) is -0.348. The van der Waals surface area contributed by atoms with Gasteiger partial charge in [-0.1, -0.05) is 5.18 Å². The molecule has 4 aromatic rings. The van der Waals surface area contributed by atoms with Gasteiger partial charge in [-0.05, 0) is 44.0 Å². The Morgan fingerprint density at radius 3 is 2.61 bits per heavy atom. The molecule has 1 amide bonds. The predicted octanol–water partition coefficient (Wildman–Crippen LogP) is 1.89. The number of nitrogens with zero attached hydrogens (tertiary/aromatic N) is 7. The summed E-state index contributed by atoms with van der Waals surface area (Å²) in [6.07, 6.45) is 3.85. The predicted molar refractivity (Wildman–Crippen MR) is 130 cm³/mol. The van der Waals surface area contributed by atoms with Gasteiger partial charge < -0.3 is 4.90 Å². The van der Waals surface area contributed by atoms with Gasteiger partial charge in [0.05, 0.1) is 22.1 Å². The summed E-state index contributed by atoms with van der Waals surface area (Å²) >= 11 is 0. The summed E-state index contributed by atoms with van der Waals surface area (Å²) in [6.45, 7) is 2.14. The first-order valence-electron chi connectivity index (χ1n) is 11.3. The van der Waals surface area contributed by atoms with Crippen LogP contribution in [0, 0.1) is 16.2 Å². The average molecular weight is 484 g/mol. The zero-order chi connectivity index (χ0) is 25.4. The first-order chi connectivity index (χ1) is 17.4. The summed E-state index contributed by atoms with van der Waals surface area (Å²) in [5, 5.41) is 12.0. The van der Waals surface area contributed by atoms with Crippen molar-refractivity contribution in [2.75, 3.05) is 13.1 Å². The van der Waals surface area contributed by atoms with E-state index in [0.29, 0.717) is 53.7 Å². The molecule has 5 rings (SSSR count). The number of hydrogen-bond donors (Lipinski definition) is 1. The molecule has 4 aromatic heterocycles. The normalized spacial score (nSPS) is 15.1. The van der Waals surface area contributed by atoms with Crippen LogP contribution in [0.4, 0.5) is 0 Å². The number of nitriles is 1. The van der Waals surface area contributed by atoms with Crippen molar-refractivity contribution in [1.29, 1.82) is 5.26 Å². The first-order valence-corrected chi connectivity index (χ1v) is 11.3. The highest BCUT2D eigenvalue weighted by Crippen LogP contribution is 2.29. The molecule has 1 atom stereocenters. The Labute approximate surface area is 203 Å². The van der Waals surface area contributed by atoms with Crippen molar-refractivity contribution in [3.8, 4) is 17.3 Å². The largest absolute Gasteiger partial charge is 0.341 e. The average Bonchev–Trinajstić information content (AvgIpc) is 2.92. The Bertz CT molecular complexity index is 1660. The third-order valence-electron chi connectivity index (χ3n) is 6.44. The summed E-state index contributed by atoms with van der Waals surface area (Å²) in [7, 11) is 0. The van der Waals surface area contributed by atoms with E-state index in [9.17, 15) is 19.3 Å². The van der Waals surface area contributed by atoms with Gasteiger partial charge >= 0.3 is 5.69 Å². The van der Waals surface area contributed by atoms with E-state index in [-0.39, 0.29) is 23.0 Å². The Kier molecular flexibility index (Phi) is 5.81. The topological polar surface area (TPSA) is 167 Å². The van der Waals surface area contributed by atoms with Gasteiger partial charge in [-0.25, -0.2) is 14.8 Å². The van der Waals surface area contributed by atoms with Crippen molar-refractivity contribution in [2.24, 2.45) is 5.18 Å². The van der Waals surface area contributed by atoms with Crippen molar-refractivity contribution in [2.45, 2.75) is 31.8 Å². The van der Waals surface area contributed by atoms with Gasteiger partial charge in [0, 0.05) is 37.1 Å². The Morgan fingerprint density at radius 2 is 1.94 bits per heavy atom. The number of nitrogens with one attached hydrogen (secondary N) is 1. The number of pyridine rings is 3. The van der Waals surface area contributed by atoms with Gasteiger partial charge in [0.1, 0.15) is 17.3 Å². The van der Waals surface area contributed by atoms with Crippen LogP contribution in [0.15, 0.2) is 51.4 Å². The second kappa shape index (κ2) is 9.10. The number of nitroso groups, excluding NO2 is 1. The molecule has 5 heterocycles. The fraction of sp³-hybridized carbons (Fsp3) is 0.292. The molecule has 0 bridgehead atoms. The fourth-order valence-electron chi connectivity index (χ4n) is 4.56. The molecule has 180 valence electrons. The van der Waals surface area contributed by atoms with Crippen molar-refractivity contribution in [3.63, 3.8) is 0 Å². The maximum absolute atomic E-state index is 13.1. The summed E-state index contributed by atoms with van der Waals surface area (Å²) in [5.41, 5.74) is 1.60. The van der Waals surface area contributed by atoms with Crippen LogP contribution in [0.25, 0.3) is 33.2 Å². The molecule has 0 aromatic carbocycles. The number of carbonyl (C=O) groups excluding carboxylic acids is 1. The van der Waals surface area contributed by atoms with Crippen LogP contribution in [-0.4, -0.2) is 54.4 Å². The molecule has 1 aliphatic rings. The SMILES string of the molecule is C[C@@H](N=O)C(=O)N1CCC(n2c(=O)[nH]c(=O)c3cnc4ccc(-c5ccc(C#N)nc5)nc4c32)CC1. The number of carbonyl (C=O) groups is 1. The van der Waals surface area contributed by atoms with Gasteiger partial charge in [-0.2, -0.15) is 5.26 Å². The number of amides is 1. The number of H-pyrrole nitrogens is 1. The van der Waals surface area contributed by atoms with E-state index in [1.807, 2.05) is 6.07 Å². The molecule has 1 fully saturated rings. The van der Waals surface area contributed by atoms with Crippen molar-refractivity contribution in [3.05, 3.63) is 68.1 Å². The Balaban J connectivity index is 1.63. The number of fused-ring (bicyclic) bond motifs is 3. The van der Waals surface area contributed by atoms with Crippen LogP contribution in [0.1, 0.15) is 31.5 Å². The van der Waals surface area contributed by atoms with Crippen LogP contribution in [0.5, 0.6) is 0 Å². The molecule has 1 N–H and O–H groups in total. The first kappa shape index (κ1) is 23.0. The van der Waals surface area contributed by atoms with Gasteiger partial charge in [0.15, 0.2) is 6.04 Å². The van der Waals surface area contributed by atoms with Crippen LogP contribution in [0.2, 0.25) is 0 Å². The Hall–Kier alpha value is -4.79. The lowest BCUT2D eigenvalue weighted by Crippen LogP contribution is -2.44. The standard InChI is InChI=1S/C24H20N8O4/c1-13(30-36)23(34)31-8-6-16(7-9-31)32-21-17(22(33)29-24(32)35)12-27-19-5-4-18(28-20(19)21)14-2-3-15(10-25)26-11-14/h2-5,11-13,16H,6-9H2,1H3,(H,29,33,35)/t13-/m1/s1. The molecule has 12 heteroatoms. The fourth-order valence-corrected chi connectivity index (χ4v) is 4.56. The highest BCUT2D eigenvalue weighted by molar-refractivity contribution is 6.01. The van der Waals surface area contributed by atoms with Gasteiger partial charge in [0.25, 0.3) is 11.5 Å². The van der Waals surface area contributed by atoms with Gasteiger partial charge in [-0.15, -0.1) is 4.91 Å². The van der Waals surface area contributed by atoms with E-state index in [1.54, 1.807) is 29.2 Å². The molecule has 0 spiro atoms. The third kappa shape index (κ3) is 3.90. The molecule has 1 aliphatic heterocycles. The van der Waals surface area contributed by atoms with Crippen LogP contribution in [-0.2, 0) is 4.79 Å². The lowest BCUT2D eigenvalue weighted by Gasteiger charge is -2.33. The number of aromatic amines is 1. The van der Waals surface area contributed by atoms with Gasteiger partial charge in [0.2, 0.25) is 0 Å². The highest BCUT2D eigenvalue weighted by atomic mass is 16.3. The van der Waals surface area contributed by atoms with Crippen molar-refractivity contribution in [1.82, 2.24) is 29.4 Å². The third-order valence-corrected chi connectivity index (χ3v) is 6.44. The second-order valence-electron chi connectivity index (χ2n) is 8.60. The van der Waals surface area contributed by atoms with E-state index in [2.05, 4.69) is 20.1 Å². The smallest absolute Gasteiger partial charge is 0.329 e. The number of likely N-dealkylation sites (tertiary alicyclic amines) is 1. The molecular weight excluding hydrogens is 464 g/mol. The zero-order valence-corrected chi connectivity index (χ0v) is 19.2. The maximum atomic E-state index is 13.1. The number of piperidine rings is 1. The number of hydrogen-bond acceptors (Lipinski definition) is 9. The van der Waals surface area contributed by atoms with Crippen LogP contribution >= 0.6 is 0 Å². The second-order valence-corrected chi connectivity index (χ2v) is 8.60. The minimum Gasteiger partial charge on any atom is -0.341 e. The molecule has 0 aliphatic carbocycles. The maximum Gasteiger partial charge on any atom is 0.329 e. The van der Waals surface area contributed by atoms with E-state index in [4.69, 9.17) is 10.2 Å². The molecule has 0 radical (unpaired) electrons. The molecular formula is C24H20N8O4. The van der Waals surface area contributed by atoms with Crippen molar-refractivity contribution >= 4 is 27.8 Å². The minimum absolute atomic E-state index is 0.224. The quantitative estimate of drug-likeness (QED) is 0.338. The molecule has 0 unspecified atom stereocenters. The number of rotatable bonds is 4. The number of aromatic nitrogens is 5. The van der Waals surface area contributed by atoms with Crippen LogP contribution in [0.3, 0.4) is 0 Å². The van der Waals surface area contributed by atoms with E-state index < -0.39 is 17.3 Å². The lowest BCUT2D eigenvalue weighted by atomic mass is 10.0. The Morgan fingerprint density at radius 1 is 1.17 bits per heavy atom. The van der Waals surface area contributed by atoms with Gasteiger partial charge in [-0.3, -0.25) is 24.1 Å². The zero-order valence-electron chi connectivity index (χ0n) is 19.2. The van der Waals surface area contributed by atoms with Crippen LogP contribution < -0.4 is 11.2 Å². The minimum atomic E-state index is -0.965. The summed E-state index contributed by atoms with van der Waals surface area (Å²) in [6, 6.07) is 7.51. The monoisotopic (exact) mass is 484 g/mol. The molecule has 12 nitrogen and oxygen atoms in total. The lowest BCUT2D eigenvalue weighted by molar-refractivity contribution is -0.133.